The first-order valence-electron chi connectivity index (χ1n) is 13.4. The number of aliphatic imine (C=N–C) groups is 1. The Kier molecular flexibility index (Phi) is 8.87. The zero-order chi connectivity index (χ0) is 28.2. The molecule has 0 bridgehead atoms. The molecule has 2 aliphatic rings. The Hall–Kier alpha value is -3.50. The van der Waals surface area contributed by atoms with Gasteiger partial charge in [-0.15, -0.1) is 0 Å². The number of hydrogen-bond acceptors (Lipinski definition) is 6. The van der Waals surface area contributed by atoms with Crippen molar-refractivity contribution in [3.63, 3.8) is 0 Å². The molecule has 0 saturated heterocycles. The highest BCUT2D eigenvalue weighted by Gasteiger charge is 2.25. The van der Waals surface area contributed by atoms with Crippen LogP contribution >= 0.6 is 0 Å². The van der Waals surface area contributed by atoms with Gasteiger partial charge in [-0.2, -0.15) is 0 Å². The predicted molar refractivity (Wildman–Crippen MR) is 155 cm³/mol. The first-order chi connectivity index (χ1) is 18.6. The average Bonchev–Trinajstić information content (AvgIpc) is 3.06. The van der Waals surface area contributed by atoms with Crippen molar-refractivity contribution in [2.24, 2.45) is 10.7 Å². The highest BCUT2D eigenvalue weighted by Crippen LogP contribution is 2.33. The van der Waals surface area contributed by atoms with Gasteiger partial charge in [0.15, 0.2) is 0 Å². The number of benzene rings is 2. The van der Waals surface area contributed by atoms with Crippen LogP contribution in [0.5, 0.6) is 0 Å². The lowest BCUT2D eigenvalue weighted by Gasteiger charge is -2.29. The standard InChI is InChI=1S/C29H37N5O4S/c1-4-12-33(13-5-2)28(35)24-17-23-7-6-21(18-26(23)32-27(30)19-24)20-8-9-25-22(16-20)10-14-34(29(25)36)15-11-31-39(3,37)38/h6-9,16-18,31H,4-5,10-15,19H2,1-3H3,(H2,30,32). The van der Waals surface area contributed by atoms with Crippen LogP contribution in [0, 0.1) is 0 Å². The fourth-order valence-corrected chi connectivity index (χ4v) is 5.52. The predicted octanol–water partition coefficient (Wildman–Crippen LogP) is 3.33. The van der Waals surface area contributed by atoms with E-state index in [4.69, 9.17) is 5.73 Å². The molecule has 2 amide bonds. The normalized spacial score (nSPS) is 15.2. The van der Waals surface area contributed by atoms with E-state index in [0.717, 1.165) is 41.4 Å². The van der Waals surface area contributed by atoms with E-state index < -0.39 is 10.0 Å². The molecule has 39 heavy (non-hydrogen) atoms. The molecule has 0 unspecified atom stereocenters. The molecule has 0 spiro atoms. The number of sulfonamides is 1. The third kappa shape index (κ3) is 6.93. The second kappa shape index (κ2) is 12.1. The van der Waals surface area contributed by atoms with Gasteiger partial charge >= 0.3 is 0 Å². The van der Waals surface area contributed by atoms with E-state index >= 15 is 0 Å². The van der Waals surface area contributed by atoms with Gasteiger partial charge in [0.2, 0.25) is 15.9 Å². The number of rotatable bonds is 10. The van der Waals surface area contributed by atoms with Crippen LogP contribution in [0.1, 0.15) is 54.6 Å². The molecule has 0 fully saturated rings. The highest BCUT2D eigenvalue weighted by molar-refractivity contribution is 7.88. The van der Waals surface area contributed by atoms with E-state index in [1.165, 1.54) is 0 Å². The first kappa shape index (κ1) is 28.5. The minimum absolute atomic E-state index is 0.00859. The van der Waals surface area contributed by atoms with Crippen molar-refractivity contribution in [1.29, 1.82) is 0 Å². The molecule has 2 aromatic rings. The summed E-state index contributed by atoms with van der Waals surface area (Å²) in [5, 5.41) is 0. The summed E-state index contributed by atoms with van der Waals surface area (Å²) in [5.41, 5.74) is 12.0. The zero-order valence-corrected chi connectivity index (χ0v) is 23.7. The van der Waals surface area contributed by atoms with Gasteiger partial charge in [0.05, 0.1) is 11.9 Å². The Morgan fingerprint density at radius 2 is 1.79 bits per heavy atom. The van der Waals surface area contributed by atoms with E-state index in [1.54, 1.807) is 4.90 Å². The number of amidine groups is 1. The highest BCUT2D eigenvalue weighted by atomic mass is 32.2. The molecule has 0 aromatic heterocycles. The number of nitrogens with one attached hydrogen (secondary N) is 1. The van der Waals surface area contributed by atoms with Gasteiger partial charge in [-0.25, -0.2) is 18.1 Å². The molecule has 9 nitrogen and oxygen atoms in total. The smallest absolute Gasteiger partial charge is 0.254 e. The van der Waals surface area contributed by atoms with Crippen LogP contribution in [0.25, 0.3) is 17.2 Å². The summed E-state index contributed by atoms with van der Waals surface area (Å²) < 4.78 is 25.1. The summed E-state index contributed by atoms with van der Waals surface area (Å²) in [6, 6.07) is 11.7. The Labute approximate surface area is 230 Å². The molecule has 208 valence electrons. The number of carbonyl (C=O) groups is 2. The maximum atomic E-state index is 13.2. The Morgan fingerprint density at radius 3 is 2.49 bits per heavy atom. The second-order valence-corrected chi connectivity index (χ2v) is 11.9. The minimum Gasteiger partial charge on any atom is -0.387 e. The summed E-state index contributed by atoms with van der Waals surface area (Å²) in [5.74, 6) is 0.314. The zero-order valence-electron chi connectivity index (χ0n) is 22.9. The fourth-order valence-electron chi connectivity index (χ4n) is 5.06. The number of nitrogens with two attached hydrogens (primary N) is 1. The maximum absolute atomic E-state index is 13.2. The molecule has 0 radical (unpaired) electrons. The monoisotopic (exact) mass is 551 g/mol. The lowest BCUT2D eigenvalue weighted by molar-refractivity contribution is -0.127. The van der Waals surface area contributed by atoms with E-state index in [9.17, 15) is 18.0 Å². The van der Waals surface area contributed by atoms with Crippen molar-refractivity contribution in [2.75, 3.05) is 39.0 Å². The van der Waals surface area contributed by atoms with Crippen molar-refractivity contribution in [3.05, 3.63) is 58.7 Å². The van der Waals surface area contributed by atoms with Crippen LogP contribution in [0.2, 0.25) is 0 Å². The Morgan fingerprint density at radius 1 is 1.10 bits per heavy atom. The third-order valence-corrected chi connectivity index (χ3v) is 7.63. The number of nitrogens with zero attached hydrogens (tertiary/aromatic N) is 3. The summed E-state index contributed by atoms with van der Waals surface area (Å²) in [7, 11) is -3.30. The molecule has 4 rings (SSSR count). The second-order valence-electron chi connectivity index (χ2n) is 10.1. The van der Waals surface area contributed by atoms with Crippen LogP contribution in [-0.2, 0) is 21.2 Å². The van der Waals surface area contributed by atoms with Crippen molar-refractivity contribution in [1.82, 2.24) is 14.5 Å². The summed E-state index contributed by atoms with van der Waals surface area (Å²) >= 11 is 0. The van der Waals surface area contributed by atoms with Crippen molar-refractivity contribution < 1.29 is 18.0 Å². The molecule has 0 atom stereocenters. The van der Waals surface area contributed by atoms with Gasteiger partial charge in [0.25, 0.3) is 5.91 Å². The van der Waals surface area contributed by atoms with Crippen LogP contribution in [0.15, 0.2) is 47.0 Å². The quantitative estimate of drug-likeness (QED) is 0.469. The van der Waals surface area contributed by atoms with Gasteiger partial charge in [0.1, 0.15) is 5.84 Å². The SMILES string of the molecule is CCCN(CCC)C(=O)C1=Cc2ccc(-c3ccc4c(c3)CCN(CCNS(C)(=O)=O)C4=O)cc2N=C(N)C1. The number of hydrogen-bond donors (Lipinski definition) is 2. The minimum atomic E-state index is -3.30. The van der Waals surface area contributed by atoms with E-state index in [0.29, 0.717) is 61.7 Å². The molecule has 2 heterocycles. The first-order valence-corrected chi connectivity index (χ1v) is 15.3. The molecule has 2 aliphatic heterocycles. The maximum Gasteiger partial charge on any atom is 0.254 e. The third-order valence-electron chi connectivity index (χ3n) is 6.90. The molecular weight excluding hydrogens is 514 g/mol. The Bertz CT molecular complexity index is 1430. The molecule has 3 N–H and O–H groups in total. The fraction of sp³-hybridized carbons (Fsp3) is 0.414. The van der Waals surface area contributed by atoms with E-state index in [-0.39, 0.29) is 18.4 Å². The molecule has 10 heteroatoms. The van der Waals surface area contributed by atoms with E-state index in [1.807, 2.05) is 47.4 Å². The number of fused-ring (bicyclic) bond motifs is 2. The Balaban J connectivity index is 1.56. The lowest BCUT2D eigenvalue weighted by Crippen LogP contribution is -2.42. The molecule has 0 saturated carbocycles. The topological polar surface area (TPSA) is 125 Å². The van der Waals surface area contributed by atoms with Crippen LogP contribution in [0.3, 0.4) is 0 Å². The number of amides is 2. The van der Waals surface area contributed by atoms with Gasteiger partial charge in [-0.3, -0.25) is 9.59 Å². The van der Waals surface area contributed by atoms with Gasteiger partial charge in [0, 0.05) is 55.8 Å². The van der Waals surface area contributed by atoms with Gasteiger partial charge in [-0.05, 0) is 54.2 Å². The van der Waals surface area contributed by atoms with Crippen molar-refractivity contribution in [3.8, 4) is 11.1 Å². The summed E-state index contributed by atoms with van der Waals surface area (Å²) in [4.78, 5) is 34.4. The van der Waals surface area contributed by atoms with Crippen LogP contribution < -0.4 is 10.5 Å². The van der Waals surface area contributed by atoms with E-state index in [2.05, 4.69) is 23.6 Å². The summed E-state index contributed by atoms with van der Waals surface area (Å²) in [6.45, 7) is 6.59. The molecular formula is C29H37N5O4S. The average molecular weight is 552 g/mol. The summed E-state index contributed by atoms with van der Waals surface area (Å²) in [6.07, 6.45) is 5.80. The largest absolute Gasteiger partial charge is 0.387 e. The lowest BCUT2D eigenvalue weighted by atomic mass is 9.93. The van der Waals surface area contributed by atoms with Gasteiger partial charge in [-0.1, -0.05) is 38.1 Å². The van der Waals surface area contributed by atoms with Crippen LogP contribution in [-0.4, -0.2) is 74.8 Å². The van der Waals surface area contributed by atoms with Crippen LogP contribution in [0.4, 0.5) is 5.69 Å². The van der Waals surface area contributed by atoms with Crippen molar-refractivity contribution in [2.45, 2.75) is 39.5 Å². The van der Waals surface area contributed by atoms with Gasteiger partial charge < -0.3 is 15.5 Å². The molecule has 0 aliphatic carbocycles. The molecule has 2 aromatic carbocycles. The van der Waals surface area contributed by atoms with Crippen molar-refractivity contribution >= 4 is 39.4 Å². The number of carbonyl (C=O) groups excluding carboxylic acids is 2.